The van der Waals surface area contributed by atoms with Crippen molar-refractivity contribution in [2.24, 2.45) is 0 Å². The highest BCUT2D eigenvalue weighted by Crippen LogP contribution is 2.23. The van der Waals surface area contributed by atoms with Crippen LogP contribution in [0.2, 0.25) is 10.0 Å². The molecule has 0 amide bonds. The summed E-state index contributed by atoms with van der Waals surface area (Å²) in [5.41, 5.74) is 2.76. The van der Waals surface area contributed by atoms with Crippen LogP contribution in [0.25, 0.3) is 0 Å². The average Bonchev–Trinajstić information content (AvgIpc) is 2.29. The Morgan fingerprint density at radius 2 is 1.72 bits per heavy atom. The Morgan fingerprint density at radius 3 is 2.39 bits per heavy atom. The number of benzene rings is 2. The lowest BCUT2D eigenvalue weighted by molar-refractivity contribution is 0.625. The summed E-state index contributed by atoms with van der Waals surface area (Å²) in [6, 6.07) is 9.97. The van der Waals surface area contributed by atoms with Gasteiger partial charge in [0, 0.05) is 22.3 Å². The van der Waals surface area contributed by atoms with E-state index in [4.69, 9.17) is 23.2 Å². The van der Waals surface area contributed by atoms with Crippen LogP contribution in [0.4, 0.5) is 10.1 Å². The van der Waals surface area contributed by atoms with Gasteiger partial charge in [-0.25, -0.2) is 4.39 Å². The summed E-state index contributed by atoms with van der Waals surface area (Å²) in [4.78, 5) is 0. The lowest BCUT2D eigenvalue weighted by Gasteiger charge is -2.10. The van der Waals surface area contributed by atoms with Crippen molar-refractivity contribution < 1.29 is 4.39 Å². The Bertz CT molecular complexity index is 549. The van der Waals surface area contributed by atoms with Crippen LogP contribution in [0.5, 0.6) is 0 Å². The van der Waals surface area contributed by atoms with E-state index >= 15 is 0 Å². The third-order valence-electron chi connectivity index (χ3n) is 2.66. The van der Waals surface area contributed by atoms with Gasteiger partial charge in [0.15, 0.2) is 0 Å². The number of anilines is 1. The van der Waals surface area contributed by atoms with Crippen molar-refractivity contribution >= 4 is 28.9 Å². The quantitative estimate of drug-likeness (QED) is 0.831. The first kappa shape index (κ1) is 13.2. The second-order valence-electron chi connectivity index (χ2n) is 4.08. The van der Waals surface area contributed by atoms with Crippen LogP contribution in [0.3, 0.4) is 0 Å². The standard InChI is InChI=1S/C14H12Cl2FN/c1-9-2-3-13(17)4-10(9)8-18-14-6-11(15)5-12(16)7-14/h2-7,18H,8H2,1H3. The zero-order valence-electron chi connectivity index (χ0n) is 9.81. The van der Waals surface area contributed by atoms with Gasteiger partial charge in [0.05, 0.1) is 0 Å². The summed E-state index contributed by atoms with van der Waals surface area (Å²) in [7, 11) is 0. The monoisotopic (exact) mass is 283 g/mol. The van der Waals surface area contributed by atoms with Crippen LogP contribution in [0, 0.1) is 12.7 Å². The summed E-state index contributed by atoms with van der Waals surface area (Å²) in [6.07, 6.45) is 0. The smallest absolute Gasteiger partial charge is 0.123 e. The molecule has 94 valence electrons. The molecule has 2 aromatic carbocycles. The molecule has 0 aromatic heterocycles. The molecule has 0 heterocycles. The predicted octanol–water partition coefficient (Wildman–Crippen LogP) is 5.05. The van der Waals surface area contributed by atoms with E-state index in [0.29, 0.717) is 16.6 Å². The minimum absolute atomic E-state index is 0.235. The van der Waals surface area contributed by atoms with Crippen LogP contribution in [-0.2, 0) is 6.54 Å². The lowest BCUT2D eigenvalue weighted by atomic mass is 10.1. The first-order chi connectivity index (χ1) is 8.54. The van der Waals surface area contributed by atoms with Crippen LogP contribution in [0.1, 0.15) is 11.1 Å². The average molecular weight is 284 g/mol. The third-order valence-corrected chi connectivity index (χ3v) is 3.09. The van der Waals surface area contributed by atoms with Gasteiger partial charge in [-0.05, 0) is 48.4 Å². The van der Waals surface area contributed by atoms with Gasteiger partial charge in [0.2, 0.25) is 0 Å². The highest BCUT2D eigenvalue weighted by Gasteiger charge is 2.02. The fourth-order valence-corrected chi connectivity index (χ4v) is 2.21. The lowest BCUT2D eigenvalue weighted by Crippen LogP contribution is -2.01. The van der Waals surface area contributed by atoms with Crippen LogP contribution in [0.15, 0.2) is 36.4 Å². The van der Waals surface area contributed by atoms with Crippen molar-refractivity contribution in [2.75, 3.05) is 5.32 Å². The maximum Gasteiger partial charge on any atom is 0.123 e. The van der Waals surface area contributed by atoms with E-state index < -0.39 is 0 Å². The van der Waals surface area contributed by atoms with E-state index in [-0.39, 0.29) is 5.82 Å². The molecule has 0 aliphatic heterocycles. The van der Waals surface area contributed by atoms with Gasteiger partial charge in [-0.2, -0.15) is 0 Å². The second kappa shape index (κ2) is 5.59. The summed E-state index contributed by atoms with van der Waals surface area (Å²) in [5, 5.41) is 4.32. The molecule has 0 saturated heterocycles. The molecule has 2 rings (SSSR count). The molecule has 2 aromatic rings. The summed E-state index contributed by atoms with van der Waals surface area (Å²) >= 11 is 11.8. The van der Waals surface area contributed by atoms with Crippen molar-refractivity contribution in [1.29, 1.82) is 0 Å². The van der Waals surface area contributed by atoms with Gasteiger partial charge in [0.25, 0.3) is 0 Å². The molecule has 4 heteroatoms. The molecule has 0 radical (unpaired) electrons. The molecular formula is C14H12Cl2FN. The third kappa shape index (κ3) is 3.37. The SMILES string of the molecule is Cc1ccc(F)cc1CNc1cc(Cl)cc(Cl)c1. The van der Waals surface area contributed by atoms with E-state index in [1.807, 2.05) is 6.92 Å². The van der Waals surface area contributed by atoms with Crippen LogP contribution >= 0.6 is 23.2 Å². The van der Waals surface area contributed by atoms with Crippen molar-refractivity contribution in [3.05, 3.63) is 63.4 Å². The van der Waals surface area contributed by atoms with Crippen molar-refractivity contribution in [3.63, 3.8) is 0 Å². The van der Waals surface area contributed by atoms with E-state index in [1.54, 1.807) is 24.3 Å². The highest BCUT2D eigenvalue weighted by atomic mass is 35.5. The van der Waals surface area contributed by atoms with E-state index in [2.05, 4.69) is 5.32 Å². The molecule has 0 bridgehead atoms. The van der Waals surface area contributed by atoms with Crippen LogP contribution in [-0.4, -0.2) is 0 Å². The maximum absolute atomic E-state index is 13.1. The molecular weight excluding hydrogens is 272 g/mol. The molecule has 0 spiro atoms. The summed E-state index contributed by atoms with van der Waals surface area (Å²) < 4.78 is 13.1. The number of hydrogen-bond acceptors (Lipinski definition) is 1. The van der Waals surface area contributed by atoms with E-state index in [9.17, 15) is 4.39 Å². The Labute approximate surface area is 116 Å². The summed E-state index contributed by atoms with van der Waals surface area (Å²) in [5.74, 6) is -0.235. The van der Waals surface area contributed by atoms with Gasteiger partial charge < -0.3 is 5.32 Å². The van der Waals surface area contributed by atoms with E-state index in [1.165, 1.54) is 12.1 Å². The normalized spacial score (nSPS) is 10.4. The van der Waals surface area contributed by atoms with Gasteiger partial charge >= 0.3 is 0 Å². The molecule has 0 saturated carbocycles. The van der Waals surface area contributed by atoms with Gasteiger partial charge in [0.1, 0.15) is 5.82 Å². The minimum Gasteiger partial charge on any atom is -0.381 e. The number of hydrogen-bond donors (Lipinski definition) is 1. The first-order valence-electron chi connectivity index (χ1n) is 5.49. The molecule has 1 nitrogen and oxygen atoms in total. The van der Waals surface area contributed by atoms with Gasteiger partial charge in [-0.15, -0.1) is 0 Å². The Morgan fingerprint density at radius 1 is 1.06 bits per heavy atom. The Balaban J connectivity index is 2.13. The fraction of sp³-hybridized carbons (Fsp3) is 0.143. The topological polar surface area (TPSA) is 12.0 Å². The predicted molar refractivity (Wildman–Crippen MR) is 74.9 cm³/mol. The molecule has 0 aliphatic rings. The maximum atomic E-state index is 13.1. The highest BCUT2D eigenvalue weighted by molar-refractivity contribution is 6.35. The molecule has 0 fully saturated rings. The van der Waals surface area contributed by atoms with Crippen molar-refractivity contribution in [3.8, 4) is 0 Å². The molecule has 0 atom stereocenters. The molecule has 18 heavy (non-hydrogen) atoms. The molecule has 0 aliphatic carbocycles. The molecule has 0 unspecified atom stereocenters. The van der Waals surface area contributed by atoms with Gasteiger partial charge in [-0.3, -0.25) is 0 Å². The fourth-order valence-electron chi connectivity index (χ4n) is 1.68. The van der Waals surface area contributed by atoms with Crippen molar-refractivity contribution in [2.45, 2.75) is 13.5 Å². The minimum atomic E-state index is -0.235. The molecule has 1 N–H and O–H groups in total. The van der Waals surface area contributed by atoms with Crippen molar-refractivity contribution in [1.82, 2.24) is 0 Å². The largest absolute Gasteiger partial charge is 0.381 e. The van der Waals surface area contributed by atoms with Crippen LogP contribution < -0.4 is 5.32 Å². The zero-order chi connectivity index (χ0) is 13.1. The number of aryl methyl sites for hydroxylation is 1. The summed E-state index contributed by atoms with van der Waals surface area (Å²) in [6.45, 7) is 2.47. The number of halogens is 3. The first-order valence-corrected chi connectivity index (χ1v) is 6.25. The Hall–Kier alpha value is -1.25. The Kier molecular flexibility index (Phi) is 4.10. The number of nitrogens with one attached hydrogen (secondary N) is 1. The zero-order valence-corrected chi connectivity index (χ0v) is 11.3. The number of rotatable bonds is 3. The van der Waals surface area contributed by atoms with Gasteiger partial charge in [-0.1, -0.05) is 29.3 Å². The second-order valence-corrected chi connectivity index (χ2v) is 4.96. The van der Waals surface area contributed by atoms with E-state index in [0.717, 1.165) is 16.8 Å².